The number of aromatic nitrogens is 4. The number of hydrogen-bond donors (Lipinski definition) is 1. The van der Waals surface area contributed by atoms with E-state index in [1.807, 2.05) is 19.1 Å². The zero-order chi connectivity index (χ0) is 13.0. The van der Waals surface area contributed by atoms with Crippen molar-refractivity contribution in [2.75, 3.05) is 0 Å². The average Bonchev–Trinajstić information content (AvgIpc) is 2.39. The first-order valence-corrected chi connectivity index (χ1v) is 6.06. The van der Waals surface area contributed by atoms with Gasteiger partial charge in [0.05, 0.1) is 0 Å². The number of nitrogens with two attached hydrogens (primary N) is 1. The number of aryl methyl sites for hydroxylation is 1. The van der Waals surface area contributed by atoms with E-state index in [0.29, 0.717) is 11.6 Å². The lowest BCUT2D eigenvalue weighted by Gasteiger charge is -2.08. The molecule has 5 nitrogen and oxygen atoms in total. The van der Waals surface area contributed by atoms with Crippen LogP contribution in [0.5, 0.6) is 0 Å². The summed E-state index contributed by atoms with van der Waals surface area (Å²) in [5, 5.41) is 0. The molecule has 2 N–H and O–H groups in total. The second-order valence-electron chi connectivity index (χ2n) is 4.23. The van der Waals surface area contributed by atoms with Gasteiger partial charge in [0.25, 0.3) is 0 Å². The van der Waals surface area contributed by atoms with Gasteiger partial charge < -0.3 is 5.73 Å². The van der Waals surface area contributed by atoms with Gasteiger partial charge in [-0.15, -0.1) is 0 Å². The monoisotopic (exact) mass is 243 g/mol. The Morgan fingerprint density at radius 2 is 1.94 bits per heavy atom. The van der Waals surface area contributed by atoms with E-state index < -0.39 is 0 Å². The molecule has 2 aromatic heterocycles. The fraction of sp³-hybridized carbons (Fsp3) is 0.385. The molecule has 2 heterocycles. The molecule has 0 amide bonds. The lowest BCUT2D eigenvalue weighted by atomic mass is 10.1. The Balaban J connectivity index is 2.27. The second kappa shape index (κ2) is 5.64. The predicted octanol–water partition coefficient (Wildman–Crippen LogP) is 1.52. The van der Waals surface area contributed by atoms with E-state index in [1.54, 1.807) is 12.4 Å². The molecule has 0 aliphatic rings. The van der Waals surface area contributed by atoms with Gasteiger partial charge in [0, 0.05) is 30.6 Å². The minimum Gasteiger partial charge on any atom is -0.327 e. The molecule has 0 saturated carbocycles. The highest BCUT2D eigenvalue weighted by molar-refractivity contribution is 5.47. The number of nitrogens with zero attached hydrogens (tertiary/aromatic N) is 4. The van der Waals surface area contributed by atoms with Gasteiger partial charge in [0.1, 0.15) is 11.5 Å². The summed E-state index contributed by atoms with van der Waals surface area (Å²) in [6, 6.07) is 3.85. The molecule has 0 radical (unpaired) electrons. The first kappa shape index (κ1) is 12.6. The van der Waals surface area contributed by atoms with Gasteiger partial charge in [-0.05, 0) is 25.5 Å². The molecule has 2 rings (SSSR count). The Morgan fingerprint density at radius 1 is 1.17 bits per heavy atom. The number of rotatable bonds is 4. The molecule has 1 unspecified atom stereocenters. The number of hydrogen-bond acceptors (Lipinski definition) is 5. The van der Waals surface area contributed by atoms with E-state index in [1.165, 1.54) is 0 Å². The van der Waals surface area contributed by atoms with Gasteiger partial charge in [-0.3, -0.25) is 0 Å². The summed E-state index contributed by atoms with van der Waals surface area (Å²) in [5.74, 6) is 1.34. The van der Waals surface area contributed by atoms with Crippen molar-refractivity contribution in [3.63, 3.8) is 0 Å². The van der Waals surface area contributed by atoms with Crippen molar-refractivity contribution in [3.05, 3.63) is 36.0 Å². The second-order valence-corrected chi connectivity index (χ2v) is 4.23. The van der Waals surface area contributed by atoms with E-state index in [-0.39, 0.29) is 6.04 Å². The van der Waals surface area contributed by atoms with Crippen LogP contribution in [0.4, 0.5) is 0 Å². The third-order valence-corrected chi connectivity index (χ3v) is 2.71. The molecular weight excluding hydrogens is 226 g/mol. The van der Waals surface area contributed by atoms with Crippen molar-refractivity contribution in [1.29, 1.82) is 0 Å². The molecule has 0 fully saturated rings. The van der Waals surface area contributed by atoms with Crippen LogP contribution in [-0.2, 0) is 6.42 Å². The van der Waals surface area contributed by atoms with Gasteiger partial charge >= 0.3 is 0 Å². The molecule has 0 aliphatic carbocycles. The highest BCUT2D eigenvalue weighted by Gasteiger charge is 2.07. The van der Waals surface area contributed by atoms with E-state index in [4.69, 9.17) is 5.73 Å². The third kappa shape index (κ3) is 3.07. The van der Waals surface area contributed by atoms with Crippen LogP contribution in [0.15, 0.2) is 24.5 Å². The Hall–Kier alpha value is -1.88. The maximum absolute atomic E-state index is 5.93. The first-order valence-electron chi connectivity index (χ1n) is 6.06. The molecule has 0 aliphatic heterocycles. The van der Waals surface area contributed by atoms with Crippen LogP contribution in [0.25, 0.3) is 11.5 Å². The molecule has 18 heavy (non-hydrogen) atoms. The summed E-state index contributed by atoms with van der Waals surface area (Å²) in [6.07, 6.45) is 5.16. The molecule has 1 atom stereocenters. The van der Waals surface area contributed by atoms with Gasteiger partial charge in [-0.1, -0.05) is 6.92 Å². The quantitative estimate of drug-likeness (QED) is 0.881. The van der Waals surface area contributed by atoms with Crippen LogP contribution in [0.2, 0.25) is 0 Å². The summed E-state index contributed by atoms with van der Waals surface area (Å²) < 4.78 is 0. The maximum Gasteiger partial charge on any atom is 0.178 e. The van der Waals surface area contributed by atoms with Crippen LogP contribution in [0, 0.1) is 6.92 Å². The van der Waals surface area contributed by atoms with Crippen molar-refractivity contribution < 1.29 is 0 Å². The molecule has 5 heteroatoms. The topological polar surface area (TPSA) is 77.6 Å². The minimum atomic E-state index is 0.139. The Bertz CT molecular complexity index is 526. The molecule has 0 bridgehead atoms. The van der Waals surface area contributed by atoms with Crippen LogP contribution in [0.3, 0.4) is 0 Å². The smallest absolute Gasteiger partial charge is 0.178 e. The molecule has 0 spiro atoms. The molecule has 2 aromatic rings. The van der Waals surface area contributed by atoms with Gasteiger partial charge in [0.2, 0.25) is 0 Å². The third-order valence-electron chi connectivity index (χ3n) is 2.71. The van der Waals surface area contributed by atoms with E-state index in [2.05, 4.69) is 26.9 Å². The highest BCUT2D eigenvalue weighted by Crippen LogP contribution is 2.12. The summed E-state index contributed by atoms with van der Waals surface area (Å²) >= 11 is 0. The van der Waals surface area contributed by atoms with Crippen molar-refractivity contribution >= 4 is 0 Å². The van der Waals surface area contributed by atoms with Gasteiger partial charge in [0.15, 0.2) is 5.82 Å². The van der Waals surface area contributed by atoms with Crippen molar-refractivity contribution in [2.24, 2.45) is 5.73 Å². The van der Waals surface area contributed by atoms with Crippen molar-refractivity contribution in [2.45, 2.75) is 32.7 Å². The molecule has 94 valence electrons. The van der Waals surface area contributed by atoms with Gasteiger partial charge in [-0.2, -0.15) is 0 Å². The SMILES string of the molecule is CCC(N)Cc1ccnc(-c2ccnc(C)n2)n1. The van der Waals surface area contributed by atoms with Crippen molar-refractivity contribution in [3.8, 4) is 11.5 Å². The Kier molecular flexibility index (Phi) is 3.94. The highest BCUT2D eigenvalue weighted by atomic mass is 14.9. The fourth-order valence-corrected chi connectivity index (χ4v) is 1.63. The summed E-state index contributed by atoms with van der Waals surface area (Å²) in [4.78, 5) is 17.1. The van der Waals surface area contributed by atoms with Crippen LogP contribution >= 0.6 is 0 Å². The Labute approximate surface area is 107 Å². The molecule has 0 saturated heterocycles. The zero-order valence-corrected chi connectivity index (χ0v) is 10.7. The molecular formula is C13H17N5. The molecule has 0 aromatic carbocycles. The largest absolute Gasteiger partial charge is 0.327 e. The van der Waals surface area contributed by atoms with Crippen LogP contribution < -0.4 is 5.73 Å². The fourth-order valence-electron chi connectivity index (χ4n) is 1.63. The normalized spacial score (nSPS) is 12.4. The van der Waals surface area contributed by atoms with E-state index >= 15 is 0 Å². The summed E-state index contributed by atoms with van der Waals surface area (Å²) in [7, 11) is 0. The van der Waals surface area contributed by atoms with E-state index in [9.17, 15) is 0 Å². The van der Waals surface area contributed by atoms with Crippen LogP contribution in [0.1, 0.15) is 24.9 Å². The van der Waals surface area contributed by atoms with Gasteiger partial charge in [-0.25, -0.2) is 19.9 Å². The first-order chi connectivity index (χ1) is 8.69. The van der Waals surface area contributed by atoms with Crippen LogP contribution in [-0.4, -0.2) is 26.0 Å². The zero-order valence-electron chi connectivity index (χ0n) is 10.7. The standard InChI is InChI=1S/C13H17N5/c1-3-10(14)8-11-4-6-16-13(18-11)12-5-7-15-9(2)17-12/h4-7,10H,3,8,14H2,1-2H3. The maximum atomic E-state index is 5.93. The minimum absolute atomic E-state index is 0.139. The lowest BCUT2D eigenvalue weighted by molar-refractivity contribution is 0.636. The summed E-state index contributed by atoms with van der Waals surface area (Å²) in [6.45, 7) is 3.92. The predicted molar refractivity (Wildman–Crippen MR) is 69.8 cm³/mol. The van der Waals surface area contributed by atoms with E-state index in [0.717, 1.165) is 24.2 Å². The lowest BCUT2D eigenvalue weighted by Crippen LogP contribution is -2.22. The van der Waals surface area contributed by atoms with Crippen molar-refractivity contribution in [1.82, 2.24) is 19.9 Å². The Morgan fingerprint density at radius 3 is 2.67 bits per heavy atom. The summed E-state index contributed by atoms with van der Waals surface area (Å²) in [5.41, 5.74) is 7.63. The average molecular weight is 243 g/mol.